The second-order valence-electron chi connectivity index (χ2n) is 3.49. The van der Waals surface area contributed by atoms with Gasteiger partial charge >= 0.3 is 5.97 Å². The Morgan fingerprint density at radius 2 is 2.06 bits per heavy atom. The molecule has 0 aromatic heterocycles. The first-order valence-corrected chi connectivity index (χ1v) is 4.97. The summed E-state index contributed by atoms with van der Waals surface area (Å²) in [4.78, 5) is 21.6. The molecule has 0 radical (unpaired) electrons. The second kappa shape index (κ2) is 4.32. The predicted molar refractivity (Wildman–Crippen MR) is 56.6 cm³/mol. The average Bonchev–Trinajstić information content (AvgIpc) is 2.67. The summed E-state index contributed by atoms with van der Waals surface area (Å²) in [5, 5.41) is 0. The first kappa shape index (κ1) is 11.3. The van der Waals surface area contributed by atoms with Crippen LogP contribution in [0.25, 0.3) is 0 Å². The molecule has 2 N–H and O–H groups in total. The van der Waals surface area contributed by atoms with Crippen molar-refractivity contribution in [1.29, 1.82) is 0 Å². The highest BCUT2D eigenvalue weighted by Crippen LogP contribution is 2.35. The van der Waals surface area contributed by atoms with Gasteiger partial charge in [-0.25, -0.2) is 0 Å². The monoisotopic (exact) mass is 237 g/mol. The number of amides is 1. The lowest BCUT2D eigenvalue weighted by Crippen LogP contribution is -2.25. The summed E-state index contributed by atoms with van der Waals surface area (Å²) < 4.78 is 15.4. The normalized spacial score (nSPS) is 16.6. The number of esters is 1. The fraction of sp³-hybridized carbons (Fsp3) is 0.273. The number of primary amides is 1. The lowest BCUT2D eigenvalue weighted by Gasteiger charge is -2.09. The van der Waals surface area contributed by atoms with E-state index in [0.717, 1.165) is 0 Å². The Bertz CT molecular complexity index is 471. The van der Waals surface area contributed by atoms with E-state index in [1.54, 1.807) is 12.1 Å². The first-order chi connectivity index (χ1) is 8.06. The number of benzene rings is 1. The summed E-state index contributed by atoms with van der Waals surface area (Å²) in [6.07, 6.45) is -0.683. The quantitative estimate of drug-likeness (QED) is 0.771. The Labute approximate surface area is 97.3 Å². The molecular weight excluding hydrogens is 226 g/mol. The van der Waals surface area contributed by atoms with Gasteiger partial charge in [0.25, 0.3) is 6.29 Å². The zero-order chi connectivity index (χ0) is 12.4. The molecule has 1 aromatic rings. The van der Waals surface area contributed by atoms with Gasteiger partial charge in [0.15, 0.2) is 18.1 Å². The maximum absolute atomic E-state index is 11.0. The summed E-state index contributed by atoms with van der Waals surface area (Å²) in [5.41, 5.74) is 5.47. The van der Waals surface area contributed by atoms with Crippen molar-refractivity contribution in [2.45, 2.75) is 13.2 Å². The molecular formula is C11H11NO5. The van der Waals surface area contributed by atoms with E-state index in [-0.39, 0.29) is 6.61 Å². The van der Waals surface area contributed by atoms with Crippen LogP contribution >= 0.6 is 0 Å². The third-order valence-corrected chi connectivity index (χ3v) is 2.17. The van der Waals surface area contributed by atoms with Crippen LogP contribution < -0.4 is 15.2 Å². The lowest BCUT2D eigenvalue weighted by atomic mass is 10.2. The van der Waals surface area contributed by atoms with Gasteiger partial charge in [0, 0.05) is 12.5 Å². The van der Waals surface area contributed by atoms with Gasteiger partial charge in [-0.05, 0) is 18.2 Å². The van der Waals surface area contributed by atoms with Gasteiger partial charge in [-0.1, -0.05) is 0 Å². The van der Waals surface area contributed by atoms with Crippen molar-refractivity contribution >= 4 is 11.9 Å². The fourth-order valence-electron chi connectivity index (χ4n) is 1.41. The average molecular weight is 237 g/mol. The molecule has 17 heavy (non-hydrogen) atoms. The number of rotatable bonds is 3. The molecule has 90 valence electrons. The SMILES string of the molecule is CC(=O)OCC1Oc2ccc(C(N)=O)cc2O1. The van der Waals surface area contributed by atoms with E-state index in [1.807, 2.05) is 0 Å². The molecule has 0 spiro atoms. The van der Waals surface area contributed by atoms with Crippen LogP contribution in [0.1, 0.15) is 17.3 Å². The Hall–Kier alpha value is -2.24. The number of hydrogen-bond donors (Lipinski definition) is 1. The number of fused-ring (bicyclic) bond motifs is 1. The maximum atomic E-state index is 11.0. The minimum absolute atomic E-state index is 0.00405. The molecule has 1 amide bonds. The van der Waals surface area contributed by atoms with Gasteiger partial charge in [-0.2, -0.15) is 0 Å². The minimum Gasteiger partial charge on any atom is -0.458 e. The Morgan fingerprint density at radius 3 is 2.71 bits per heavy atom. The van der Waals surface area contributed by atoms with Crippen molar-refractivity contribution < 1.29 is 23.8 Å². The van der Waals surface area contributed by atoms with Gasteiger partial charge in [-0.3, -0.25) is 9.59 Å². The van der Waals surface area contributed by atoms with Crippen LogP contribution in [0.2, 0.25) is 0 Å². The van der Waals surface area contributed by atoms with Crippen LogP contribution in [-0.4, -0.2) is 24.8 Å². The topological polar surface area (TPSA) is 87.9 Å². The van der Waals surface area contributed by atoms with Crippen LogP contribution in [-0.2, 0) is 9.53 Å². The molecule has 1 aliphatic heterocycles. The number of carbonyl (C=O) groups is 2. The van der Waals surface area contributed by atoms with E-state index in [1.165, 1.54) is 13.0 Å². The van der Waals surface area contributed by atoms with Crippen LogP contribution in [0, 0.1) is 0 Å². The van der Waals surface area contributed by atoms with Crippen LogP contribution in [0.15, 0.2) is 18.2 Å². The smallest absolute Gasteiger partial charge is 0.302 e. The maximum Gasteiger partial charge on any atom is 0.302 e. The number of nitrogens with two attached hydrogens (primary N) is 1. The van der Waals surface area contributed by atoms with E-state index in [9.17, 15) is 9.59 Å². The zero-order valence-corrected chi connectivity index (χ0v) is 9.14. The molecule has 1 unspecified atom stereocenters. The van der Waals surface area contributed by atoms with E-state index in [2.05, 4.69) is 0 Å². The molecule has 1 heterocycles. The highest BCUT2D eigenvalue weighted by atomic mass is 16.7. The van der Waals surface area contributed by atoms with Gasteiger partial charge in [0.2, 0.25) is 5.91 Å². The summed E-state index contributed by atoms with van der Waals surface area (Å²) in [7, 11) is 0. The molecule has 0 aliphatic carbocycles. The van der Waals surface area contributed by atoms with E-state index in [4.69, 9.17) is 19.9 Å². The van der Waals surface area contributed by atoms with E-state index < -0.39 is 18.2 Å². The van der Waals surface area contributed by atoms with Crippen LogP contribution in [0.3, 0.4) is 0 Å². The predicted octanol–water partition coefficient (Wildman–Crippen LogP) is 0.446. The van der Waals surface area contributed by atoms with Gasteiger partial charge in [-0.15, -0.1) is 0 Å². The largest absolute Gasteiger partial charge is 0.458 e. The molecule has 1 aromatic carbocycles. The van der Waals surface area contributed by atoms with Crippen molar-refractivity contribution in [1.82, 2.24) is 0 Å². The molecule has 0 bridgehead atoms. The first-order valence-electron chi connectivity index (χ1n) is 4.97. The Kier molecular flexibility index (Phi) is 2.86. The van der Waals surface area contributed by atoms with Gasteiger partial charge in [0.05, 0.1) is 0 Å². The van der Waals surface area contributed by atoms with Crippen molar-refractivity contribution in [3.05, 3.63) is 23.8 Å². The molecule has 6 heteroatoms. The fourth-order valence-corrected chi connectivity index (χ4v) is 1.41. The summed E-state index contributed by atoms with van der Waals surface area (Å²) in [6.45, 7) is 1.29. The van der Waals surface area contributed by atoms with Crippen LogP contribution in [0.4, 0.5) is 0 Å². The molecule has 1 atom stereocenters. The van der Waals surface area contributed by atoms with Crippen molar-refractivity contribution in [3.63, 3.8) is 0 Å². The molecule has 0 fully saturated rings. The molecule has 2 rings (SSSR count). The van der Waals surface area contributed by atoms with Crippen molar-refractivity contribution in [2.24, 2.45) is 5.73 Å². The summed E-state index contributed by atoms with van der Waals surface area (Å²) in [6, 6.07) is 4.62. The summed E-state index contributed by atoms with van der Waals surface area (Å²) in [5.74, 6) is -0.0450. The standard InChI is InChI=1S/C11H11NO5/c1-6(13)15-5-10-16-8-3-2-7(11(12)14)4-9(8)17-10/h2-4,10H,5H2,1H3,(H2,12,14). The van der Waals surface area contributed by atoms with Crippen molar-refractivity contribution in [2.75, 3.05) is 6.61 Å². The van der Waals surface area contributed by atoms with Crippen LogP contribution in [0.5, 0.6) is 11.5 Å². The molecule has 0 saturated heterocycles. The second-order valence-corrected chi connectivity index (χ2v) is 3.49. The number of carbonyl (C=O) groups excluding carboxylic acids is 2. The number of ether oxygens (including phenoxy) is 3. The summed E-state index contributed by atoms with van der Waals surface area (Å²) >= 11 is 0. The minimum atomic E-state index is -0.683. The highest BCUT2D eigenvalue weighted by molar-refractivity contribution is 5.93. The van der Waals surface area contributed by atoms with Gasteiger partial charge < -0.3 is 19.9 Å². The lowest BCUT2D eigenvalue weighted by molar-refractivity contribution is -0.147. The highest BCUT2D eigenvalue weighted by Gasteiger charge is 2.25. The zero-order valence-electron chi connectivity index (χ0n) is 9.14. The van der Waals surface area contributed by atoms with Crippen molar-refractivity contribution in [3.8, 4) is 11.5 Å². The van der Waals surface area contributed by atoms with E-state index in [0.29, 0.717) is 17.1 Å². The number of hydrogen-bond acceptors (Lipinski definition) is 5. The molecule has 0 saturated carbocycles. The molecule has 6 nitrogen and oxygen atoms in total. The Morgan fingerprint density at radius 1 is 1.35 bits per heavy atom. The third-order valence-electron chi connectivity index (χ3n) is 2.17. The van der Waals surface area contributed by atoms with Gasteiger partial charge in [0.1, 0.15) is 0 Å². The Balaban J connectivity index is 2.06. The molecule has 1 aliphatic rings. The van der Waals surface area contributed by atoms with E-state index >= 15 is 0 Å². The third kappa shape index (κ3) is 2.47.